The van der Waals surface area contributed by atoms with Gasteiger partial charge in [0.1, 0.15) is 5.75 Å². The predicted molar refractivity (Wildman–Crippen MR) is 101 cm³/mol. The summed E-state index contributed by atoms with van der Waals surface area (Å²) >= 11 is 0. The van der Waals surface area contributed by atoms with Crippen LogP contribution in [0.25, 0.3) is 10.9 Å². The number of aliphatic carboxylic acids is 2. The number of carboxylic acid groups (broad SMARTS) is 2. The van der Waals surface area contributed by atoms with Gasteiger partial charge in [0, 0.05) is 23.1 Å². The molecule has 2 aromatic rings. The monoisotopic (exact) mass is 364 g/mol. The lowest BCUT2D eigenvalue weighted by atomic mass is 9.97. The fourth-order valence-corrected chi connectivity index (χ4v) is 2.49. The molecule has 0 amide bonds. The summed E-state index contributed by atoms with van der Waals surface area (Å²) in [6, 6.07) is 6.21. The number of fused-ring (bicyclic) bond motifs is 1. The molecule has 7 heteroatoms. The second-order valence-corrected chi connectivity index (χ2v) is 7.24. The number of H-pyrrole nitrogens is 1. The first-order valence-corrected chi connectivity index (χ1v) is 8.37. The number of rotatable bonds is 5. The van der Waals surface area contributed by atoms with Crippen LogP contribution in [0.4, 0.5) is 0 Å². The number of carbonyl (C=O) groups is 2. The molecule has 4 N–H and O–H groups in total. The molecule has 0 bridgehead atoms. The largest absolute Gasteiger partial charge is 0.497 e. The van der Waals surface area contributed by atoms with Gasteiger partial charge in [0.05, 0.1) is 7.11 Å². The summed E-state index contributed by atoms with van der Waals surface area (Å²) in [5.74, 6) is -2.73. The van der Waals surface area contributed by atoms with E-state index >= 15 is 0 Å². The molecule has 0 aliphatic carbocycles. The molecular formula is C19H28N2O5. The zero-order chi connectivity index (χ0) is 19.9. The standard InChI is InChI=1S/C17H26N2O.C2H2O4/c1-12-14(8-9-18-11-17(2,3)4)15-10-13(20-5)6-7-16(15)19-12;3-1(4)2(5)6/h6-7,10,18-19H,8-9,11H2,1-5H3;(H,3,4)(H,5,6). The molecule has 0 atom stereocenters. The number of methoxy groups -OCH3 is 1. The van der Waals surface area contributed by atoms with Crippen molar-refractivity contribution in [1.82, 2.24) is 10.3 Å². The molecule has 0 unspecified atom stereocenters. The molecule has 7 nitrogen and oxygen atoms in total. The Labute approximate surface area is 153 Å². The smallest absolute Gasteiger partial charge is 0.414 e. The Hall–Kier alpha value is -2.54. The van der Waals surface area contributed by atoms with Gasteiger partial charge in [-0.15, -0.1) is 0 Å². The molecule has 1 heterocycles. The van der Waals surface area contributed by atoms with Gasteiger partial charge in [-0.05, 0) is 49.1 Å². The molecule has 1 aromatic heterocycles. The van der Waals surface area contributed by atoms with E-state index in [9.17, 15) is 0 Å². The Morgan fingerprint density at radius 1 is 1.19 bits per heavy atom. The van der Waals surface area contributed by atoms with Crippen molar-refractivity contribution in [2.45, 2.75) is 34.1 Å². The first-order chi connectivity index (χ1) is 12.0. The first-order valence-electron chi connectivity index (χ1n) is 8.37. The molecule has 26 heavy (non-hydrogen) atoms. The van der Waals surface area contributed by atoms with Gasteiger partial charge in [-0.3, -0.25) is 0 Å². The number of nitrogens with one attached hydrogen (secondary N) is 2. The molecule has 1 aromatic carbocycles. The van der Waals surface area contributed by atoms with Crippen molar-refractivity contribution in [3.8, 4) is 5.75 Å². The van der Waals surface area contributed by atoms with E-state index in [0.29, 0.717) is 5.41 Å². The maximum absolute atomic E-state index is 9.10. The van der Waals surface area contributed by atoms with Gasteiger partial charge in [0.2, 0.25) is 0 Å². The lowest BCUT2D eigenvalue weighted by Crippen LogP contribution is -2.28. The highest BCUT2D eigenvalue weighted by molar-refractivity contribution is 6.27. The summed E-state index contributed by atoms with van der Waals surface area (Å²) in [6.45, 7) is 10.9. The quantitative estimate of drug-likeness (QED) is 0.479. The molecule has 0 spiro atoms. The van der Waals surface area contributed by atoms with Gasteiger partial charge in [-0.25, -0.2) is 9.59 Å². The molecule has 0 aliphatic heterocycles. The molecule has 0 radical (unpaired) electrons. The molecule has 0 saturated carbocycles. The second kappa shape index (κ2) is 9.24. The lowest BCUT2D eigenvalue weighted by molar-refractivity contribution is -0.159. The third kappa shape index (κ3) is 6.76. The zero-order valence-electron chi connectivity index (χ0n) is 16.0. The van der Waals surface area contributed by atoms with Gasteiger partial charge < -0.3 is 25.3 Å². The van der Waals surface area contributed by atoms with Crippen LogP contribution >= 0.6 is 0 Å². The Morgan fingerprint density at radius 3 is 2.31 bits per heavy atom. The first kappa shape index (κ1) is 21.5. The molecular weight excluding hydrogens is 336 g/mol. The van der Waals surface area contributed by atoms with Crippen molar-refractivity contribution in [1.29, 1.82) is 0 Å². The van der Waals surface area contributed by atoms with Gasteiger partial charge in [0.15, 0.2) is 0 Å². The fraction of sp³-hybridized carbons (Fsp3) is 0.474. The van der Waals surface area contributed by atoms with E-state index in [0.717, 1.165) is 25.3 Å². The van der Waals surface area contributed by atoms with E-state index in [-0.39, 0.29) is 0 Å². The van der Waals surface area contributed by atoms with Crippen LogP contribution in [0.2, 0.25) is 0 Å². The topological polar surface area (TPSA) is 112 Å². The van der Waals surface area contributed by atoms with E-state index in [1.54, 1.807) is 7.11 Å². The third-order valence-corrected chi connectivity index (χ3v) is 3.72. The normalized spacial score (nSPS) is 11.0. The minimum Gasteiger partial charge on any atom is -0.497 e. The lowest BCUT2D eigenvalue weighted by Gasteiger charge is -2.18. The number of hydrogen-bond acceptors (Lipinski definition) is 4. The second-order valence-electron chi connectivity index (χ2n) is 7.24. The SMILES string of the molecule is COc1ccc2[nH]c(C)c(CCNCC(C)(C)C)c2c1.O=C(O)C(=O)O. The average Bonchev–Trinajstić information content (AvgIpc) is 2.85. The van der Waals surface area contributed by atoms with E-state index in [2.05, 4.69) is 50.1 Å². The van der Waals surface area contributed by atoms with E-state index in [1.165, 1.54) is 22.2 Å². The maximum Gasteiger partial charge on any atom is 0.414 e. The van der Waals surface area contributed by atoms with Gasteiger partial charge in [-0.2, -0.15) is 0 Å². The number of hydrogen-bond donors (Lipinski definition) is 4. The maximum atomic E-state index is 9.10. The summed E-state index contributed by atoms with van der Waals surface area (Å²) in [4.78, 5) is 21.7. The van der Waals surface area contributed by atoms with E-state index < -0.39 is 11.9 Å². The highest BCUT2D eigenvalue weighted by Gasteiger charge is 2.11. The Kier molecular flexibility index (Phi) is 7.64. The van der Waals surface area contributed by atoms with Gasteiger partial charge in [-0.1, -0.05) is 20.8 Å². The summed E-state index contributed by atoms with van der Waals surface area (Å²) in [5.41, 5.74) is 4.17. The van der Waals surface area contributed by atoms with Crippen LogP contribution in [-0.2, 0) is 16.0 Å². The number of aromatic nitrogens is 1. The molecule has 0 aliphatic rings. The van der Waals surface area contributed by atoms with Crippen molar-refractivity contribution in [2.75, 3.05) is 20.2 Å². The minimum atomic E-state index is -1.82. The molecule has 2 rings (SSSR count). The highest BCUT2D eigenvalue weighted by atomic mass is 16.5. The van der Waals surface area contributed by atoms with E-state index in [1.807, 2.05) is 6.07 Å². The number of benzene rings is 1. The Balaban J connectivity index is 0.000000487. The Bertz CT molecular complexity index is 747. The fourth-order valence-electron chi connectivity index (χ4n) is 2.49. The average molecular weight is 364 g/mol. The molecule has 0 saturated heterocycles. The van der Waals surface area contributed by atoms with E-state index in [4.69, 9.17) is 24.5 Å². The van der Waals surface area contributed by atoms with Crippen LogP contribution in [0.5, 0.6) is 5.75 Å². The Morgan fingerprint density at radius 2 is 1.81 bits per heavy atom. The van der Waals surface area contributed by atoms with Crippen LogP contribution in [0.3, 0.4) is 0 Å². The summed E-state index contributed by atoms with van der Waals surface area (Å²) in [7, 11) is 1.71. The summed E-state index contributed by atoms with van der Waals surface area (Å²) in [5, 5.41) is 19.6. The predicted octanol–water partition coefficient (Wildman–Crippen LogP) is 2.82. The van der Waals surface area contributed by atoms with Crippen molar-refractivity contribution in [3.63, 3.8) is 0 Å². The van der Waals surface area contributed by atoms with Crippen molar-refractivity contribution in [2.24, 2.45) is 5.41 Å². The zero-order valence-corrected chi connectivity index (χ0v) is 16.0. The van der Waals surface area contributed by atoms with Crippen LogP contribution in [0.15, 0.2) is 18.2 Å². The number of ether oxygens (including phenoxy) is 1. The summed E-state index contributed by atoms with van der Waals surface area (Å²) < 4.78 is 5.33. The summed E-state index contributed by atoms with van der Waals surface area (Å²) in [6.07, 6.45) is 1.04. The number of carboxylic acids is 2. The number of aromatic amines is 1. The van der Waals surface area contributed by atoms with Gasteiger partial charge >= 0.3 is 11.9 Å². The van der Waals surface area contributed by atoms with Crippen molar-refractivity contribution in [3.05, 3.63) is 29.5 Å². The van der Waals surface area contributed by atoms with Crippen molar-refractivity contribution < 1.29 is 24.5 Å². The van der Waals surface area contributed by atoms with Crippen LogP contribution in [-0.4, -0.2) is 47.3 Å². The number of aryl methyl sites for hydroxylation is 1. The third-order valence-electron chi connectivity index (χ3n) is 3.72. The van der Waals surface area contributed by atoms with Crippen LogP contribution in [0.1, 0.15) is 32.0 Å². The molecule has 144 valence electrons. The van der Waals surface area contributed by atoms with Crippen molar-refractivity contribution >= 4 is 22.8 Å². The van der Waals surface area contributed by atoms with Crippen LogP contribution in [0, 0.1) is 12.3 Å². The van der Waals surface area contributed by atoms with Gasteiger partial charge in [0.25, 0.3) is 0 Å². The van der Waals surface area contributed by atoms with Crippen LogP contribution < -0.4 is 10.1 Å². The minimum absolute atomic E-state index is 0.332. The molecule has 0 fully saturated rings. The highest BCUT2D eigenvalue weighted by Crippen LogP contribution is 2.26.